The number of rotatable bonds is 6. The molecule has 2 rings (SSSR count). The van der Waals surface area contributed by atoms with Gasteiger partial charge in [-0.1, -0.05) is 25.0 Å². The van der Waals surface area contributed by atoms with Crippen LogP contribution in [0.3, 0.4) is 0 Å². The van der Waals surface area contributed by atoms with Crippen LogP contribution in [-0.4, -0.2) is 37.1 Å². The van der Waals surface area contributed by atoms with E-state index in [-0.39, 0.29) is 18.3 Å². The van der Waals surface area contributed by atoms with Crippen molar-refractivity contribution in [1.82, 2.24) is 4.90 Å². The molecule has 0 aromatic heterocycles. The van der Waals surface area contributed by atoms with E-state index in [1.807, 2.05) is 4.90 Å². The van der Waals surface area contributed by atoms with Crippen LogP contribution >= 0.6 is 0 Å². The van der Waals surface area contributed by atoms with Crippen LogP contribution in [-0.2, 0) is 16.0 Å². The largest absolute Gasteiger partial charge is 0.375 e. The van der Waals surface area contributed by atoms with Crippen molar-refractivity contribution in [2.24, 2.45) is 0 Å². The van der Waals surface area contributed by atoms with Crippen LogP contribution in [0.2, 0.25) is 0 Å². The Morgan fingerprint density at radius 3 is 2.55 bits per heavy atom. The van der Waals surface area contributed by atoms with Crippen molar-refractivity contribution in [1.29, 1.82) is 0 Å². The standard InChI is InChI=1S/C16H22FNO2/c1-20-12-16(19)18(15-4-2-3-5-15)11-10-13-6-8-14(17)9-7-13/h6-9,15H,2-5,10-12H2,1H3. The van der Waals surface area contributed by atoms with Gasteiger partial charge in [-0.05, 0) is 37.0 Å². The van der Waals surface area contributed by atoms with Crippen molar-refractivity contribution in [3.8, 4) is 0 Å². The van der Waals surface area contributed by atoms with Crippen molar-refractivity contribution in [2.45, 2.75) is 38.1 Å². The van der Waals surface area contributed by atoms with Crippen LogP contribution in [0.5, 0.6) is 0 Å². The van der Waals surface area contributed by atoms with Crippen molar-refractivity contribution in [3.05, 3.63) is 35.6 Å². The van der Waals surface area contributed by atoms with Gasteiger partial charge in [-0.3, -0.25) is 4.79 Å². The summed E-state index contributed by atoms with van der Waals surface area (Å²) < 4.78 is 17.8. The molecule has 4 heteroatoms. The molecular formula is C16H22FNO2. The summed E-state index contributed by atoms with van der Waals surface area (Å²) in [6.07, 6.45) is 5.31. The fourth-order valence-electron chi connectivity index (χ4n) is 2.83. The molecule has 0 aliphatic heterocycles. The minimum absolute atomic E-state index is 0.0570. The van der Waals surface area contributed by atoms with E-state index in [9.17, 15) is 9.18 Å². The fraction of sp³-hybridized carbons (Fsp3) is 0.562. The zero-order valence-corrected chi connectivity index (χ0v) is 12.0. The third-order valence-corrected chi connectivity index (χ3v) is 3.91. The molecule has 0 heterocycles. The lowest BCUT2D eigenvalue weighted by atomic mass is 10.1. The molecule has 0 unspecified atom stereocenters. The Hall–Kier alpha value is -1.42. The predicted octanol–water partition coefficient (Wildman–Crippen LogP) is 2.79. The van der Waals surface area contributed by atoms with Crippen molar-refractivity contribution >= 4 is 5.91 Å². The highest BCUT2D eigenvalue weighted by Gasteiger charge is 2.26. The second-order valence-corrected chi connectivity index (χ2v) is 5.33. The van der Waals surface area contributed by atoms with E-state index in [0.717, 1.165) is 24.8 Å². The highest BCUT2D eigenvalue weighted by molar-refractivity contribution is 5.77. The molecule has 1 amide bonds. The van der Waals surface area contributed by atoms with Crippen molar-refractivity contribution in [3.63, 3.8) is 0 Å². The van der Waals surface area contributed by atoms with Gasteiger partial charge in [-0.25, -0.2) is 4.39 Å². The summed E-state index contributed by atoms with van der Waals surface area (Å²) in [7, 11) is 1.55. The number of amides is 1. The summed E-state index contributed by atoms with van der Waals surface area (Å²) in [5.74, 6) is -0.168. The average Bonchev–Trinajstić information content (AvgIpc) is 2.95. The first-order valence-electron chi connectivity index (χ1n) is 7.23. The lowest BCUT2D eigenvalue weighted by molar-refractivity contribution is -0.137. The molecule has 0 spiro atoms. The average molecular weight is 279 g/mol. The number of carbonyl (C=O) groups is 1. The monoisotopic (exact) mass is 279 g/mol. The van der Waals surface area contributed by atoms with E-state index in [0.29, 0.717) is 12.6 Å². The first-order valence-corrected chi connectivity index (χ1v) is 7.23. The topological polar surface area (TPSA) is 29.5 Å². The molecule has 0 N–H and O–H groups in total. The van der Waals surface area contributed by atoms with E-state index < -0.39 is 0 Å². The molecule has 1 aliphatic carbocycles. The highest BCUT2D eigenvalue weighted by atomic mass is 19.1. The van der Waals surface area contributed by atoms with Gasteiger partial charge < -0.3 is 9.64 Å². The van der Waals surface area contributed by atoms with Gasteiger partial charge in [0, 0.05) is 19.7 Å². The van der Waals surface area contributed by atoms with Crippen LogP contribution in [0.1, 0.15) is 31.2 Å². The molecule has 1 fully saturated rings. The minimum atomic E-state index is -0.225. The summed E-state index contributed by atoms with van der Waals surface area (Å²) in [4.78, 5) is 14.1. The SMILES string of the molecule is COCC(=O)N(CCc1ccc(F)cc1)C1CCCC1. The van der Waals surface area contributed by atoms with Gasteiger partial charge in [-0.15, -0.1) is 0 Å². The normalized spacial score (nSPS) is 15.5. The third-order valence-electron chi connectivity index (χ3n) is 3.91. The summed E-state index contributed by atoms with van der Waals surface area (Å²) in [5.41, 5.74) is 1.06. The lowest BCUT2D eigenvalue weighted by Crippen LogP contribution is -2.42. The van der Waals surface area contributed by atoms with Crippen LogP contribution in [0.25, 0.3) is 0 Å². The zero-order chi connectivity index (χ0) is 14.4. The maximum atomic E-state index is 12.9. The molecule has 0 bridgehead atoms. The Kier molecular flexibility index (Phi) is 5.53. The van der Waals surface area contributed by atoms with E-state index in [2.05, 4.69) is 0 Å². The quantitative estimate of drug-likeness (QED) is 0.801. The second-order valence-electron chi connectivity index (χ2n) is 5.33. The number of nitrogens with zero attached hydrogens (tertiary/aromatic N) is 1. The number of methoxy groups -OCH3 is 1. The van der Waals surface area contributed by atoms with Gasteiger partial charge in [0.25, 0.3) is 0 Å². The molecule has 1 saturated carbocycles. The first-order chi connectivity index (χ1) is 9.70. The highest BCUT2D eigenvalue weighted by Crippen LogP contribution is 2.24. The smallest absolute Gasteiger partial charge is 0.248 e. The van der Waals surface area contributed by atoms with Crippen LogP contribution in [0.4, 0.5) is 4.39 Å². The molecule has 3 nitrogen and oxygen atoms in total. The van der Waals surface area contributed by atoms with Gasteiger partial charge in [-0.2, -0.15) is 0 Å². The molecule has 1 aliphatic rings. The van der Waals surface area contributed by atoms with Crippen LogP contribution in [0, 0.1) is 5.82 Å². The van der Waals surface area contributed by atoms with Gasteiger partial charge in [0.1, 0.15) is 12.4 Å². The van der Waals surface area contributed by atoms with Crippen molar-refractivity contribution < 1.29 is 13.9 Å². The Bertz CT molecular complexity index is 427. The Morgan fingerprint density at radius 2 is 1.95 bits per heavy atom. The Morgan fingerprint density at radius 1 is 1.30 bits per heavy atom. The predicted molar refractivity (Wildman–Crippen MR) is 75.9 cm³/mol. The summed E-state index contributed by atoms with van der Waals surface area (Å²) >= 11 is 0. The number of halogens is 1. The van der Waals surface area contributed by atoms with Crippen LogP contribution < -0.4 is 0 Å². The Labute approximate surface area is 119 Å². The summed E-state index contributed by atoms with van der Waals surface area (Å²) in [6, 6.07) is 6.84. The molecule has 110 valence electrons. The van der Waals surface area contributed by atoms with Gasteiger partial charge in [0.15, 0.2) is 0 Å². The third kappa shape index (κ3) is 4.04. The molecular weight excluding hydrogens is 257 g/mol. The second kappa shape index (κ2) is 7.39. The minimum Gasteiger partial charge on any atom is -0.375 e. The molecule has 1 aromatic rings. The maximum absolute atomic E-state index is 12.9. The fourth-order valence-corrected chi connectivity index (χ4v) is 2.83. The Balaban J connectivity index is 1.96. The van der Waals surface area contributed by atoms with E-state index in [1.54, 1.807) is 19.2 Å². The number of hydrogen-bond donors (Lipinski definition) is 0. The van der Waals surface area contributed by atoms with Crippen molar-refractivity contribution in [2.75, 3.05) is 20.3 Å². The molecule has 0 saturated heterocycles. The molecule has 1 aromatic carbocycles. The summed E-state index contributed by atoms with van der Waals surface area (Å²) in [5, 5.41) is 0. The zero-order valence-electron chi connectivity index (χ0n) is 12.0. The van der Waals surface area contributed by atoms with E-state index in [4.69, 9.17) is 4.74 Å². The number of ether oxygens (including phenoxy) is 1. The maximum Gasteiger partial charge on any atom is 0.248 e. The number of hydrogen-bond acceptors (Lipinski definition) is 2. The van der Waals surface area contributed by atoms with Gasteiger partial charge in [0.2, 0.25) is 5.91 Å². The summed E-state index contributed by atoms with van der Waals surface area (Å²) in [6.45, 7) is 0.818. The first kappa shape index (κ1) is 15.0. The van der Waals surface area contributed by atoms with Crippen LogP contribution in [0.15, 0.2) is 24.3 Å². The van der Waals surface area contributed by atoms with Gasteiger partial charge in [0.05, 0.1) is 0 Å². The molecule has 0 radical (unpaired) electrons. The van der Waals surface area contributed by atoms with Gasteiger partial charge >= 0.3 is 0 Å². The van der Waals surface area contributed by atoms with E-state index >= 15 is 0 Å². The van der Waals surface area contributed by atoms with E-state index in [1.165, 1.54) is 25.0 Å². The lowest BCUT2D eigenvalue weighted by Gasteiger charge is -2.29. The molecule has 20 heavy (non-hydrogen) atoms. The molecule has 0 atom stereocenters. The number of carbonyl (C=O) groups excluding carboxylic acids is 1. The number of benzene rings is 1.